The average molecular weight is 446 g/mol. The quantitative estimate of drug-likeness (QED) is 0.587. The van der Waals surface area contributed by atoms with Crippen molar-refractivity contribution < 1.29 is 24.1 Å². The molecule has 2 aromatic carbocycles. The van der Waals surface area contributed by atoms with Crippen LogP contribution < -0.4 is 9.47 Å². The molecule has 30 heavy (non-hydrogen) atoms. The van der Waals surface area contributed by atoms with E-state index in [1.165, 1.54) is 11.8 Å². The molecule has 0 saturated carbocycles. The fourth-order valence-corrected chi connectivity index (χ4v) is 3.88. The van der Waals surface area contributed by atoms with Gasteiger partial charge in [0.05, 0.1) is 31.4 Å². The van der Waals surface area contributed by atoms with Crippen LogP contribution in [-0.2, 0) is 9.53 Å². The Labute approximate surface area is 183 Å². The van der Waals surface area contributed by atoms with E-state index in [0.29, 0.717) is 32.2 Å². The Morgan fingerprint density at radius 3 is 2.47 bits per heavy atom. The monoisotopic (exact) mass is 445 g/mol. The molecule has 0 radical (unpaired) electrons. The Bertz CT molecular complexity index is 1040. The number of nitrogens with zero attached hydrogens (tertiary/aromatic N) is 1. The second kappa shape index (κ2) is 9.73. The molecule has 1 heterocycles. The molecule has 0 atom stereocenters. The van der Waals surface area contributed by atoms with E-state index < -0.39 is 5.97 Å². The van der Waals surface area contributed by atoms with E-state index in [1.807, 2.05) is 6.07 Å². The molecule has 1 aliphatic rings. The highest BCUT2D eigenvalue weighted by Gasteiger charge is 2.33. The summed E-state index contributed by atoms with van der Waals surface area (Å²) < 4.78 is 15.7. The third kappa shape index (κ3) is 4.80. The van der Waals surface area contributed by atoms with Gasteiger partial charge in [0.15, 0.2) is 11.5 Å². The molecule has 1 N–H and O–H groups in total. The molecule has 0 aromatic heterocycles. The number of halogens is 1. The van der Waals surface area contributed by atoms with Gasteiger partial charge < -0.3 is 19.3 Å². The predicted molar refractivity (Wildman–Crippen MR) is 120 cm³/mol. The maximum absolute atomic E-state index is 12.5. The molecule has 0 saturated heterocycles. The minimum atomic E-state index is -0.633. The number of benzene rings is 2. The lowest BCUT2D eigenvalue weighted by atomic mass is 10.1. The Morgan fingerprint density at radius 2 is 1.83 bits per heavy atom. The van der Waals surface area contributed by atoms with Crippen LogP contribution in [0.5, 0.6) is 11.5 Å². The summed E-state index contributed by atoms with van der Waals surface area (Å²) in [6, 6.07) is 12.2. The van der Waals surface area contributed by atoms with Crippen LogP contribution in [0.15, 0.2) is 63.7 Å². The lowest BCUT2D eigenvalue weighted by molar-refractivity contribution is -0.138. The minimum Gasteiger partial charge on any atom is -0.506 e. The summed E-state index contributed by atoms with van der Waals surface area (Å²) in [4.78, 5) is 17.4. The van der Waals surface area contributed by atoms with Gasteiger partial charge in [0, 0.05) is 5.02 Å². The standard InChI is InChI=1S/C22H20ClNO5S/c1-4-29-22(26)19-20(25)18(12-13-5-10-16(27-2)17(11-13)28-3)30-21(19)24-15-8-6-14(23)7-9-15/h5-12,25H,4H2,1-3H3. The average Bonchev–Trinajstić information content (AvgIpc) is 3.04. The first kappa shape index (κ1) is 21.8. The van der Waals surface area contributed by atoms with Crippen LogP contribution >= 0.6 is 23.4 Å². The highest BCUT2D eigenvalue weighted by Crippen LogP contribution is 2.41. The van der Waals surface area contributed by atoms with Crippen molar-refractivity contribution in [3.8, 4) is 11.5 Å². The molecule has 0 amide bonds. The number of aliphatic imine (C=N–C) groups is 1. The smallest absolute Gasteiger partial charge is 0.344 e. The topological polar surface area (TPSA) is 77.4 Å². The molecular formula is C22H20ClNO5S. The van der Waals surface area contributed by atoms with Crippen molar-refractivity contribution >= 4 is 46.1 Å². The molecule has 0 bridgehead atoms. The van der Waals surface area contributed by atoms with Crippen LogP contribution in [0.1, 0.15) is 12.5 Å². The van der Waals surface area contributed by atoms with Crippen molar-refractivity contribution in [1.29, 1.82) is 0 Å². The molecule has 2 aromatic rings. The van der Waals surface area contributed by atoms with Gasteiger partial charge >= 0.3 is 5.97 Å². The second-order valence-electron chi connectivity index (χ2n) is 6.06. The molecular weight excluding hydrogens is 426 g/mol. The normalized spacial score (nSPS) is 16.3. The van der Waals surface area contributed by atoms with Crippen molar-refractivity contribution in [3.63, 3.8) is 0 Å². The summed E-state index contributed by atoms with van der Waals surface area (Å²) in [5.74, 6) is 0.335. The van der Waals surface area contributed by atoms with E-state index in [-0.39, 0.29) is 17.9 Å². The Hall–Kier alpha value is -2.90. The molecule has 156 valence electrons. The second-order valence-corrected chi connectivity index (χ2v) is 7.53. The highest BCUT2D eigenvalue weighted by molar-refractivity contribution is 8.18. The van der Waals surface area contributed by atoms with Gasteiger partial charge in [-0.05, 0) is 55.0 Å². The van der Waals surface area contributed by atoms with E-state index in [2.05, 4.69) is 4.99 Å². The number of hydrogen-bond acceptors (Lipinski definition) is 7. The number of carbonyl (C=O) groups is 1. The van der Waals surface area contributed by atoms with Gasteiger partial charge in [-0.15, -0.1) is 0 Å². The van der Waals surface area contributed by atoms with Gasteiger partial charge in [-0.2, -0.15) is 0 Å². The third-order valence-corrected chi connectivity index (χ3v) is 5.40. The van der Waals surface area contributed by atoms with Gasteiger partial charge in [-0.1, -0.05) is 29.4 Å². The molecule has 3 rings (SSSR count). The first-order valence-electron chi connectivity index (χ1n) is 9.03. The van der Waals surface area contributed by atoms with E-state index in [9.17, 15) is 9.90 Å². The number of aliphatic hydroxyl groups is 1. The molecule has 8 heteroatoms. The molecule has 0 fully saturated rings. The van der Waals surface area contributed by atoms with Crippen LogP contribution in [-0.4, -0.2) is 36.9 Å². The lowest BCUT2D eigenvalue weighted by Gasteiger charge is -2.08. The zero-order valence-electron chi connectivity index (χ0n) is 16.6. The Kier molecular flexibility index (Phi) is 7.07. The first-order valence-corrected chi connectivity index (χ1v) is 10.2. The number of methoxy groups -OCH3 is 2. The maximum Gasteiger partial charge on any atom is 0.344 e. The van der Waals surface area contributed by atoms with Crippen molar-refractivity contribution in [2.45, 2.75) is 6.92 Å². The zero-order valence-corrected chi connectivity index (χ0v) is 18.2. The van der Waals surface area contributed by atoms with Crippen LogP contribution in [0, 0.1) is 0 Å². The number of aliphatic hydroxyl groups excluding tert-OH is 1. The van der Waals surface area contributed by atoms with Gasteiger partial charge in [-0.25, -0.2) is 9.79 Å². The molecule has 6 nitrogen and oxygen atoms in total. The number of carbonyl (C=O) groups excluding carboxylic acids is 1. The molecule has 1 aliphatic heterocycles. The van der Waals surface area contributed by atoms with E-state index in [1.54, 1.807) is 63.6 Å². The predicted octanol–water partition coefficient (Wildman–Crippen LogP) is 5.55. The first-order chi connectivity index (χ1) is 14.5. The summed E-state index contributed by atoms with van der Waals surface area (Å²) in [5.41, 5.74) is 1.39. The van der Waals surface area contributed by atoms with Gasteiger partial charge in [0.25, 0.3) is 0 Å². The van der Waals surface area contributed by atoms with Gasteiger partial charge in [-0.3, -0.25) is 0 Å². The highest BCUT2D eigenvalue weighted by atomic mass is 35.5. The SMILES string of the molecule is CCOC(=O)C1=C(O)C(=Cc2ccc(OC)c(OC)c2)SC1=Nc1ccc(Cl)cc1. The Morgan fingerprint density at radius 1 is 1.13 bits per heavy atom. The van der Waals surface area contributed by atoms with Crippen molar-refractivity contribution in [3.05, 3.63) is 69.3 Å². The number of ether oxygens (including phenoxy) is 3. The van der Waals surface area contributed by atoms with Crippen molar-refractivity contribution in [1.82, 2.24) is 0 Å². The summed E-state index contributed by atoms with van der Waals surface area (Å²) in [5, 5.41) is 11.7. The molecule has 0 spiro atoms. The number of hydrogen-bond donors (Lipinski definition) is 1. The van der Waals surface area contributed by atoms with Crippen LogP contribution in [0.2, 0.25) is 5.02 Å². The minimum absolute atomic E-state index is 0.0310. The maximum atomic E-state index is 12.5. The van der Waals surface area contributed by atoms with Gasteiger partial charge in [0.1, 0.15) is 16.4 Å². The van der Waals surface area contributed by atoms with E-state index in [4.69, 9.17) is 25.8 Å². The fourth-order valence-electron chi connectivity index (χ4n) is 2.72. The van der Waals surface area contributed by atoms with Crippen molar-refractivity contribution in [2.24, 2.45) is 4.99 Å². The Balaban J connectivity index is 2.03. The molecule has 0 aliphatic carbocycles. The van der Waals surface area contributed by atoms with Gasteiger partial charge in [0.2, 0.25) is 0 Å². The van der Waals surface area contributed by atoms with Crippen molar-refractivity contribution in [2.75, 3.05) is 20.8 Å². The summed E-state index contributed by atoms with van der Waals surface area (Å²) in [7, 11) is 3.11. The number of rotatable bonds is 6. The van der Waals surface area contributed by atoms with Crippen LogP contribution in [0.4, 0.5) is 5.69 Å². The third-order valence-electron chi connectivity index (χ3n) is 4.13. The summed E-state index contributed by atoms with van der Waals surface area (Å²) >= 11 is 7.11. The number of esters is 1. The van der Waals surface area contributed by atoms with E-state index >= 15 is 0 Å². The molecule has 0 unspecified atom stereocenters. The van der Waals surface area contributed by atoms with E-state index in [0.717, 1.165) is 5.56 Å². The largest absolute Gasteiger partial charge is 0.506 e. The number of thioether (sulfide) groups is 1. The lowest BCUT2D eigenvalue weighted by Crippen LogP contribution is -2.12. The fraction of sp³-hybridized carbons (Fsp3) is 0.182. The summed E-state index contributed by atoms with van der Waals surface area (Å²) in [6.45, 7) is 1.89. The zero-order chi connectivity index (χ0) is 21.7. The van der Waals surface area contributed by atoms with Crippen LogP contribution in [0.3, 0.4) is 0 Å². The van der Waals surface area contributed by atoms with Crippen LogP contribution in [0.25, 0.3) is 6.08 Å². The summed E-state index contributed by atoms with van der Waals surface area (Å²) in [6.07, 6.45) is 1.74.